The highest BCUT2D eigenvalue weighted by atomic mass is 16.7. The smallest absolute Gasteiger partial charge is 0.273 e. The van der Waals surface area contributed by atoms with E-state index in [9.17, 15) is 9.59 Å². The third-order valence-electron chi connectivity index (χ3n) is 8.51. The van der Waals surface area contributed by atoms with E-state index in [0.717, 1.165) is 17.5 Å². The van der Waals surface area contributed by atoms with Gasteiger partial charge in [-0.3, -0.25) is 24.1 Å². The second kappa shape index (κ2) is 35.4. The molecule has 0 bridgehead atoms. The number of amidine groups is 1. The van der Waals surface area contributed by atoms with E-state index in [1.54, 1.807) is 29.3 Å². The van der Waals surface area contributed by atoms with Crippen LogP contribution in [0.5, 0.6) is 0 Å². The summed E-state index contributed by atoms with van der Waals surface area (Å²) in [4.78, 5) is 40.3. The normalized spacial score (nSPS) is 12.5. The second-order valence-corrected chi connectivity index (χ2v) is 13.6. The van der Waals surface area contributed by atoms with Gasteiger partial charge in [0, 0.05) is 55.1 Å². The van der Waals surface area contributed by atoms with Gasteiger partial charge in [-0.1, -0.05) is 6.92 Å². The minimum Gasteiger partial charge on any atom is -0.387 e. The van der Waals surface area contributed by atoms with Crippen LogP contribution >= 0.6 is 0 Å². The van der Waals surface area contributed by atoms with Crippen LogP contribution in [-0.4, -0.2) is 196 Å². The van der Waals surface area contributed by atoms with Crippen molar-refractivity contribution < 1.29 is 61.8 Å². The van der Waals surface area contributed by atoms with E-state index in [0.29, 0.717) is 181 Å². The molecule has 0 aliphatic carbocycles. The number of nitrogens with one attached hydrogen (secondary N) is 1. The number of aliphatic imine (C=N–C) groups is 1. The first-order valence-electron chi connectivity index (χ1n) is 21.7. The summed E-state index contributed by atoms with van der Waals surface area (Å²) >= 11 is 0. The van der Waals surface area contributed by atoms with Crippen molar-refractivity contribution in [2.45, 2.75) is 33.2 Å². The molecule has 2 amide bonds. The molecule has 21 nitrogen and oxygen atoms in total. The molecule has 3 heterocycles. The zero-order valence-corrected chi connectivity index (χ0v) is 37.2. The number of nitrogens with two attached hydrogens (primary N) is 2. The summed E-state index contributed by atoms with van der Waals surface area (Å²) in [7, 11) is 0. The van der Waals surface area contributed by atoms with Crippen LogP contribution in [0.15, 0.2) is 35.2 Å². The number of pyridine rings is 1. The summed E-state index contributed by atoms with van der Waals surface area (Å²) in [6.45, 7) is 15.0. The molecule has 0 saturated carbocycles. The average Bonchev–Trinajstić information content (AvgIpc) is 3.67. The summed E-state index contributed by atoms with van der Waals surface area (Å²) in [6.07, 6.45) is 7.71. The fraction of sp³-hybridized carbons (Fsp3) is 0.690. The van der Waals surface area contributed by atoms with Crippen LogP contribution in [0, 0.1) is 0 Å². The number of hydrogen-bond donors (Lipinski definition) is 3. The molecule has 21 heteroatoms. The van der Waals surface area contributed by atoms with Crippen LogP contribution in [0.25, 0.3) is 17.2 Å². The maximum atomic E-state index is 13.2. The van der Waals surface area contributed by atoms with Gasteiger partial charge in [0.05, 0.1) is 156 Å². The number of ether oxygens (including phenoxy) is 10. The summed E-state index contributed by atoms with van der Waals surface area (Å²) in [5, 5.41) is 8.51. The predicted octanol–water partition coefficient (Wildman–Crippen LogP) is 1.15. The van der Waals surface area contributed by atoms with Gasteiger partial charge in [-0.05, 0) is 25.5 Å². The number of rotatable bonds is 40. The Bertz CT molecular complexity index is 1580. The summed E-state index contributed by atoms with van der Waals surface area (Å²) < 4.78 is 56.1. The molecule has 1 aliphatic rings. The van der Waals surface area contributed by atoms with E-state index < -0.39 is 0 Å². The van der Waals surface area contributed by atoms with Gasteiger partial charge in [0.1, 0.15) is 12.4 Å². The fourth-order valence-corrected chi connectivity index (χ4v) is 5.54. The maximum absolute atomic E-state index is 13.2. The summed E-state index contributed by atoms with van der Waals surface area (Å²) in [6, 6.07) is 1.83. The minimum atomic E-state index is -0.261. The molecule has 5 N–H and O–H groups in total. The first-order chi connectivity index (χ1) is 30.9. The molecule has 0 fully saturated rings. The van der Waals surface area contributed by atoms with Gasteiger partial charge >= 0.3 is 0 Å². The van der Waals surface area contributed by atoms with Gasteiger partial charge in [0.2, 0.25) is 5.91 Å². The number of carbonyl (C=O) groups is 2. The van der Waals surface area contributed by atoms with Crippen LogP contribution in [-0.2, 0) is 68.3 Å². The van der Waals surface area contributed by atoms with Crippen molar-refractivity contribution >= 4 is 29.4 Å². The number of nitrogens with zero attached hydrogens (tertiary/aromatic N) is 5. The molecular weight excluding hydrogens is 825 g/mol. The second-order valence-electron chi connectivity index (χ2n) is 13.6. The highest BCUT2D eigenvalue weighted by Crippen LogP contribution is 2.30. The first-order valence-corrected chi connectivity index (χ1v) is 21.7. The first kappa shape index (κ1) is 53.4. The number of hydrogen-bond acceptors (Lipinski definition) is 18. The van der Waals surface area contributed by atoms with E-state index in [2.05, 4.69) is 20.4 Å². The van der Waals surface area contributed by atoms with Gasteiger partial charge < -0.3 is 64.2 Å². The number of fused-ring (bicyclic) bond motifs is 1. The molecule has 0 spiro atoms. The third kappa shape index (κ3) is 24.6. The molecule has 1 aliphatic heterocycles. The van der Waals surface area contributed by atoms with E-state index in [4.69, 9.17) is 63.7 Å². The quantitative estimate of drug-likeness (QED) is 0.0627. The Morgan fingerprint density at radius 3 is 1.67 bits per heavy atom. The summed E-state index contributed by atoms with van der Waals surface area (Å²) in [5.41, 5.74) is 14.5. The lowest BCUT2D eigenvalue weighted by Gasteiger charge is -2.21. The van der Waals surface area contributed by atoms with E-state index in [-0.39, 0.29) is 24.8 Å². The lowest BCUT2D eigenvalue weighted by atomic mass is 10.1. The molecule has 2 aromatic heterocycles. The van der Waals surface area contributed by atoms with Gasteiger partial charge in [0.15, 0.2) is 0 Å². The molecule has 0 radical (unpaired) electrons. The highest BCUT2D eigenvalue weighted by Gasteiger charge is 2.23. The zero-order valence-electron chi connectivity index (χ0n) is 37.2. The molecule has 0 unspecified atom stereocenters. The Labute approximate surface area is 370 Å². The van der Waals surface area contributed by atoms with Gasteiger partial charge in [-0.25, -0.2) is 10.1 Å². The standard InChI is InChI=1S/C42H70N8O13/c1-3-7-50(63-4-2)42(52)35-28-38-39(48-40(44)30-35)29-36(31-46-38)37-32-47-49(33-37)34-41(51)45-6-9-54-11-13-56-15-17-58-19-21-60-23-25-62-27-26-61-24-22-59-20-18-57-16-14-55-12-10-53-8-5-43/h28-29,31-33H,3-27,30,34,43H2,1-2H3,(H2,44,48)(H,45,51). The molecule has 356 valence electrons. The van der Waals surface area contributed by atoms with Crippen molar-refractivity contribution in [1.82, 2.24) is 25.1 Å². The molecule has 0 aromatic carbocycles. The van der Waals surface area contributed by atoms with Crippen LogP contribution < -0.4 is 16.8 Å². The number of aromatic nitrogens is 3. The number of amides is 2. The Morgan fingerprint density at radius 1 is 0.698 bits per heavy atom. The Hall–Kier alpha value is -3.97. The van der Waals surface area contributed by atoms with Gasteiger partial charge in [0.25, 0.3) is 5.91 Å². The topological polar surface area (TPSA) is 246 Å². The van der Waals surface area contributed by atoms with Crippen molar-refractivity contribution in [3.63, 3.8) is 0 Å². The SMILES string of the molecule is CCCN(OCC)C(=O)C1=Cc2ncc(-c3cnn(CC(=O)NCCOCCOCCOCCOCCOCCOCCOCCOCCOCCOCCN)c3)cc2N=C(N)C1. The predicted molar refractivity (Wildman–Crippen MR) is 233 cm³/mol. The highest BCUT2D eigenvalue weighted by molar-refractivity contribution is 6.05. The molecule has 0 atom stereocenters. The zero-order chi connectivity index (χ0) is 45.0. The Morgan fingerprint density at radius 2 is 1.19 bits per heavy atom. The summed E-state index contributed by atoms with van der Waals surface area (Å²) in [5.74, 6) is -0.172. The van der Waals surface area contributed by atoms with Crippen LogP contribution in [0.1, 0.15) is 32.4 Å². The lowest BCUT2D eigenvalue weighted by molar-refractivity contribution is -0.180. The average molecular weight is 895 g/mol. The third-order valence-corrected chi connectivity index (χ3v) is 8.51. The minimum absolute atomic E-state index is 0.0326. The maximum Gasteiger partial charge on any atom is 0.273 e. The number of hydroxylamine groups is 2. The van der Waals surface area contributed by atoms with Crippen molar-refractivity contribution in [2.24, 2.45) is 16.5 Å². The van der Waals surface area contributed by atoms with E-state index in [1.807, 2.05) is 19.9 Å². The number of carbonyl (C=O) groups excluding carboxylic acids is 2. The Kier molecular flexibility index (Phi) is 30.0. The van der Waals surface area contributed by atoms with Crippen molar-refractivity contribution in [2.75, 3.05) is 158 Å². The van der Waals surface area contributed by atoms with Gasteiger partial charge in [-0.2, -0.15) is 5.10 Å². The lowest BCUT2D eigenvalue weighted by Crippen LogP contribution is -2.34. The van der Waals surface area contributed by atoms with Crippen molar-refractivity contribution in [1.29, 1.82) is 0 Å². The van der Waals surface area contributed by atoms with Crippen LogP contribution in [0.3, 0.4) is 0 Å². The van der Waals surface area contributed by atoms with Crippen molar-refractivity contribution in [3.8, 4) is 11.1 Å². The largest absolute Gasteiger partial charge is 0.387 e. The van der Waals surface area contributed by atoms with E-state index >= 15 is 0 Å². The fourth-order valence-electron chi connectivity index (χ4n) is 5.54. The molecule has 2 aromatic rings. The van der Waals surface area contributed by atoms with Crippen molar-refractivity contribution in [3.05, 3.63) is 35.9 Å². The van der Waals surface area contributed by atoms with E-state index in [1.165, 1.54) is 5.06 Å². The Balaban J connectivity index is 1.09. The molecule has 63 heavy (non-hydrogen) atoms. The van der Waals surface area contributed by atoms with Crippen LogP contribution in [0.4, 0.5) is 5.69 Å². The monoisotopic (exact) mass is 895 g/mol. The van der Waals surface area contributed by atoms with Crippen LogP contribution in [0.2, 0.25) is 0 Å². The molecule has 3 rings (SSSR count). The molecule has 0 saturated heterocycles. The van der Waals surface area contributed by atoms with Gasteiger partial charge in [-0.15, -0.1) is 0 Å². The molecular formula is C42H70N8O13.